The highest BCUT2D eigenvalue weighted by Crippen LogP contribution is 2.50. The van der Waals surface area contributed by atoms with Crippen molar-refractivity contribution in [1.82, 2.24) is 19.9 Å². The summed E-state index contributed by atoms with van der Waals surface area (Å²) in [4.78, 5) is 53.3. The Balaban J connectivity index is 0.000000123. The summed E-state index contributed by atoms with van der Waals surface area (Å²) in [5, 5.41) is 22.4. The molecule has 0 fully saturated rings. The largest absolute Gasteiger partial charge is 0.488 e. The van der Waals surface area contributed by atoms with Crippen LogP contribution in [0, 0.1) is 0 Å². The topological polar surface area (TPSA) is 208 Å². The summed E-state index contributed by atoms with van der Waals surface area (Å²) in [5.74, 6) is 1.90. The van der Waals surface area contributed by atoms with Crippen LogP contribution in [0.1, 0.15) is 74.1 Å². The minimum Gasteiger partial charge on any atom is -0.456 e. The molecule has 23 aromatic rings. The number of ketones is 2. The second kappa shape index (κ2) is 48.9. The van der Waals surface area contributed by atoms with E-state index in [1.165, 1.54) is 50.1 Å². The van der Waals surface area contributed by atoms with Crippen LogP contribution in [-0.4, -0.2) is 60.8 Å². The third-order valence-electron chi connectivity index (χ3n) is 25.6. The molecule has 0 saturated heterocycles. The number of halogens is 4. The second-order valence-corrected chi connectivity index (χ2v) is 38.8. The zero-order valence-corrected chi connectivity index (χ0v) is 87.3. The van der Waals surface area contributed by atoms with Crippen molar-refractivity contribution in [1.29, 1.82) is 0 Å². The number of nitrogens with zero attached hydrogens (tertiary/aromatic N) is 5. The molecule has 18 heteroatoms. The molecule has 4 aromatic heterocycles. The first-order valence-corrected chi connectivity index (χ1v) is 51.3. The molecule has 4 N–H and O–H groups in total. The molecule has 0 spiro atoms. The van der Waals surface area contributed by atoms with Gasteiger partial charge in [-0.2, -0.15) is 4.51 Å². The second-order valence-electron chi connectivity index (χ2n) is 35.8. The summed E-state index contributed by atoms with van der Waals surface area (Å²) in [6, 6.07) is 164. The number of aromatic nitrogens is 4. The number of carbonyl (C=O) groups is 3. The van der Waals surface area contributed by atoms with Gasteiger partial charge in [-0.25, -0.2) is 19.9 Å². The Morgan fingerprint density at radius 1 is 0.320 bits per heavy atom. The third kappa shape index (κ3) is 25.6. The number of hydrogen-bond donors (Lipinski definition) is 3. The van der Waals surface area contributed by atoms with Crippen molar-refractivity contribution in [3.05, 3.63) is 550 Å². The lowest BCUT2D eigenvalue weighted by Crippen LogP contribution is -2.29. The maximum absolute atomic E-state index is 12.1. The molecule has 4 heterocycles. The number of rotatable bonds is 17. The molecule has 0 radical (unpaired) electrons. The molecule has 150 heavy (non-hydrogen) atoms. The number of carbonyl (C=O) groups excluding carboxylic acids is 3. The fourth-order valence-electron chi connectivity index (χ4n) is 17.5. The van der Waals surface area contributed by atoms with E-state index in [4.69, 9.17) is 56.3 Å². The maximum atomic E-state index is 12.1. The Labute approximate surface area is 901 Å². The number of hydrogen-bond acceptors (Lipinski definition) is 12. The minimum absolute atomic E-state index is 0.00429. The van der Waals surface area contributed by atoms with E-state index in [0.29, 0.717) is 22.4 Å². The number of fused-ring (bicyclic) bond motifs is 9. The van der Waals surface area contributed by atoms with Gasteiger partial charge in [-0.1, -0.05) is 462 Å². The number of furan rings is 2. The number of nitrogens with two attached hydrogens (primary N) is 1. The highest BCUT2D eigenvalue weighted by molar-refractivity contribution is 9.11. The molecule has 24 rings (SSSR count). The van der Waals surface area contributed by atoms with Crippen LogP contribution >= 0.6 is 59.6 Å². The van der Waals surface area contributed by atoms with Crippen molar-refractivity contribution >= 4 is 146 Å². The van der Waals surface area contributed by atoms with E-state index in [0.717, 1.165) is 165 Å². The predicted molar refractivity (Wildman–Crippen MR) is 627 cm³/mol. The SMILES string of the molecule is Brc1ccc(-c2cc(-c3ccc(-c4ccccc4)cc3)nc(-c3ccccc3)n2)cc1.CC(=O)c1ccc(Br)cc1.CC1(C)c2ccccc2-c2ccc(-c3cc(-c4ccc(-c5ccc6oc7ccccc7c6c5)cc4)nc(-c4ccccc4)n3)cc21.NC(=NCl)c1ccccc1.O=C(/C=C/c1ccc(-c2ccccc2)cc1)c1ccc(Br)cc1.O=Cc1ccc(-c2ccccc2)cc1.OB(O)c1ccc2oc3ccccc3c2c1. The minimum atomic E-state index is -1.45. The average molecular weight is 2170 g/mol. The summed E-state index contributed by atoms with van der Waals surface area (Å²) in [5.41, 5.74) is 37.8. The molecule has 13 nitrogen and oxygen atoms in total. The first-order chi connectivity index (χ1) is 73.2. The number of benzene rings is 19. The summed E-state index contributed by atoms with van der Waals surface area (Å²) in [6.07, 6.45) is 4.31. The van der Waals surface area contributed by atoms with Crippen LogP contribution in [0.4, 0.5) is 0 Å². The number of allylic oxidation sites excluding steroid dienone is 1. The van der Waals surface area contributed by atoms with Crippen LogP contribution in [0.3, 0.4) is 0 Å². The predicted octanol–water partition coefficient (Wildman–Crippen LogP) is 33.9. The Bertz CT molecular complexity index is 8680. The van der Waals surface area contributed by atoms with Crippen molar-refractivity contribution in [2.24, 2.45) is 10.2 Å². The average Bonchev–Trinajstić information content (AvgIpc) is 1.57. The lowest BCUT2D eigenvalue weighted by atomic mass is 9.80. The highest BCUT2D eigenvalue weighted by Gasteiger charge is 2.36. The quantitative estimate of drug-likeness (QED) is 0.0194. The van der Waals surface area contributed by atoms with Crippen LogP contribution in [0.5, 0.6) is 0 Å². The molecule has 0 atom stereocenters. The van der Waals surface area contributed by atoms with Gasteiger partial charge < -0.3 is 24.6 Å². The molecule has 0 aliphatic heterocycles. The fraction of sp³-hybridized carbons (Fsp3) is 0.0303. The third-order valence-corrected chi connectivity index (χ3v) is 27.3. The van der Waals surface area contributed by atoms with E-state index in [1.54, 1.807) is 43.3 Å². The summed E-state index contributed by atoms with van der Waals surface area (Å²) >= 11 is 15.3. The van der Waals surface area contributed by atoms with E-state index in [1.807, 2.05) is 249 Å². The van der Waals surface area contributed by atoms with Gasteiger partial charge in [0, 0.05) is 108 Å². The van der Waals surface area contributed by atoms with Crippen molar-refractivity contribution in [3.8, 4) is 123 Å². The standard InChI is InChI=1S/C43H30N2O.C28H19BrN2.C21H15BrO.C13H10O.C12H9BO3.C8H7BrO.C7H7ClN2/c1-43(2)36-14-8-6-12-32(36)33-22-20-31(25-37(33)43)39-26-38(44-42(45-39)29-10-4-3-5-11-29)28-18-16-27(17-19-28)30-21-23-41-35(24-30)34-13-7-9-15-40(34)46-41;29-25-17-15-23(16-18-25)27-19-26(30-28(31-27)24-9-5-2-6-10-24)22-13-11-21(12-14-22)20-7-3-1-4-8-20;22-20-13-11-19(12-14-20)21(23)15-8-16-6-9-18(10-7-16)17-4-2-1-3-5-17;14-10-11-6-8-13(9-7-11)12-4-2-1-3-5-12;14-13(15)8-5-6-12-10(7-8)9-3-1-2-4-11(9)16-12;1-6(10)7-2-4-8(9)5-3-7;8-10-7(9)6-4-2-1-3-5-6/h3-26H,1-2H3;1-19H;1-15H;1-10H;1-7,14-15H;2-5H,1H3;1-5H,(H2,9,10)/b;;15-8+;;;;. The van der Waals surface area contributed by atoms with Gasteiger partial charge in [-0.15, -0.1) is 0 Å². The van der Waals surface area contributed by atoms with E-state index >= 15 is 0 Å². The molecule has 728 valence electrons. The van der Waals surface area contributed by atoms with Gasteiger partial charge >= 0.3 is 7.12 Å². The van der Waals surface area contributed by atoms with Crippen LogP contribution < -0.4 is 11.2 Å². The normalized spacial score (nSPS) is 11.4. The first kappa shape index (κ1) is 103. The molecule has 0 saturated carbocycles. The van der Waals surface area contributed by atoms with Crippen molar-refractivity contribution in [2.75, 3.05) is 0 Å². The molecule has 0 bridgehead atoms. The summed E-state index contributed by atoms with van der Waals surface area (Å²) < 4.78 is 18.0. The zero-order chi connectivity index (χ0) is 104. The molecular formula is C132H97BBr3ClN6O7. The Morgan fingerprint density at radius 3 is 1.10 bits per heavy atom. The molecule has 19 aromatic carbocycles. The lowest BCUT2D eigenvalue weighted by Gasteiger charge is -2.22. The smallest absolute Gasteiger partial charge is 0.456 e. The van der Waals surface area contributed by atoms with Gasteiger partial charge in [0.25, 0.3) is 0 Å². The zero-order valence-electron chi connectivity index (χ0n) is 81.8. The van der Waals surface area contributed by atoms with Crippen molar-refractivity contribution in [3.63, 3.8) is 0 Å². The Hall–Kier alpha value is -17.1. The van der Waals surface area contributed by atoms with Gasteiger partial charge in [0.2, 0.25) is 0 Å². The van der Waals surface area contributed by atoms with Crippen LogP contribution in [0.25, 0.3) is 173 Å². The number of Topliss-reactive ketones (excluding diaryl/α,β-unsaturated/α-hetero) is 1. The molecule has 0 amide bonds. The van der Waals surface area contributed by atoms with E-state index < -0.39 is 7.12 Å². The molecular weight excluding hydrogens is 2070 g/mol. The molecule has 0 unspecified atom stereocenters. The summed E-state index contributed by atoms with van der Waals surface area (Å²) in [7, 11) is -1.45. The Morgan fingerprint density at radius 2 is 0.653 bits per heavy atom. The number of para-hydroxylation sites is 2. The van der Waals surface area contributed by atoms with Gasteiger partial charge in [-0.3, -0.25) is 14.4 Å². The first-order valence-electron chi connectivity index (χ1n) is 48.6. The van der Waals surface area contributed by atoms with Crippen molar-refractivity contribution in [2.45, 2.75) is 26.2 Å². The number of amidine groups is 1. The summed E-state index contributed by atoms with van der Waals surface area (Å²) in [6.45, 7) is 6.19. The van der Waals surface area contributed by atoms with Crippen LogP contribution in [0.2, 0.25) is 0 Å². The van der Waals surface area contributed by atoms with E-state index in [-0.39, 0.29) is 17.0 Å². The Kier molecular flexibility index (Phi) is 33.6. The van der Waals surface area contributed by atoms with E-state index in [9.17, 15) is 14.4 Å². The van der Waals surface area contributed by atoms with Gasteiger partial charge in [-0.05, 0) is 188 Å². The van der Waals surface area contributed by atoms with Crippen LogP contribution in [0.15, 0.2) is 524 Å². The van der Waals surface area contributed by atoms with Gasteiger partial charge in [0.15, 0.2) is 23.2 Å². The van der Waals surface area contributed by atoms with Crippen LogP contribution in [-0.2, 0) is 5.41 Å². The fourth-order valence-corrected chi connectivity index (χ4v) is 18.4. The monoisotopic (exact) mass is 2160 g/mol. The van der Waals surface area contributed by atoms with Crippen molar-refractivity contribution < 1.29 is 33.3 Å². The van der Waals surface area contributed by atoms with Gasteiger partial charge in [0.05, 0.1) is 22.8 Å². The van der Waals surface area contributed by atoms with E-state index in [2.05, 4.69) is 285 Å². The maximum Gasteiger partial charge on any atom is 0.488 e. The number of aldehydes is 1. The highest BCUT2D eigenvalue weighted by atomic mass is 79.9. The van der Waals surface area contributed by atoms with Gasteiger partial charge in [0.1, 0.15) is 34.5 Å². The lowest BCUT2D eigenvalue weighted by molar-refractivity contribution is 0.101. The molecule has 1 aliphatic carbocycles. The molecule has 1 aliphatic rings.